The number of aromatic amines is 1. The van der Waals surface area contributed by atoms with E-state index in [0.29, 0.717) is 24.6 Å². The highest BCUT2D eigenvalue weighted by Crippen LogP contribution is 2.37. The van der Waals surface area contributed by atoms with Crippen LogP contribution in [0.5, 0.6) is 0 Å². The van der Waals surface area contributed by atoms with E-state index in [1.54, 1.807) is 17.4 Å². The van der Waals surface area contributed by atoms with Gasteiger partial charge in [-0.05, 0) is 72.6 Å². The van der Waals surface area contributed by atoms with Crippen LogP contribution in [0.3, 0.4) is 0 Å². The monoisotopic (exact) mass is 613 g/mol. The van der Waals surface area contributed by atoms with E-state index in [2.05, 4.69) is 35.2 Å². The number of alkyl halides is 3. The number of aliphatic hydroxyl groups excluding tert-OH is 1. The van der Waals surface area contributed by atoms with Gasteiger partial charge in [-0.1, -0.05) is 13.8 Å². The normalized spacial score (nSPS) is 14.5. The molecule has 4 rings (SSSR count). The third-order valence-electron chi connectivity index (χ3n) is 6.66. The molecule has 5 N–H and O–H groups in total. The molecule has 42 heavy (non-hydrogen) atoms. The van der Waals surface area contributed by atoms with Crippen molar-refractivity contribution in [2.24, 2.45) is 11.7 Å². The second kappa shape index (κ2) is 15.1. The third-order valence-corrected chi connectivity index (χ3v) is 8.54. The summed E-state index contributed by atoms with van der Waals surface area (Å²) in [6.07, 6.45) is -0.527. The van der Waals surface area contributed by atoms with Crippen LogP contribution in [0.2, 0.25) is 0 Å². The van der Waals surface area contributed by atoms with E-state index in [9.17, 15) is 26.4 Å². The fourth-order valence-corrected chi connectivity index (χ4v) is 5.73. The van der Waals surface area contributed by atoms with Crippen LogP contribution in [0.1, 0.15) is 55.5 Å². The van der Waals surface area contributed by atoms with E-state index < -0.39 is 28.4 Å². The fourth-order valence-electron chi connectivity index (χ4n) is 4.59. The zero-order valence-corrected chi connectivity index (χ0v) is 24.8. The number of H-pyrrole nitrogens is 1. The van der Waals surface area contributed by atoms with Crippen LogP contribution in [-0.2, 0) is 14.8 Å². The summed E-state index contributed by atoms with van der Waals surface area (Å²) in [5.41, 5.74) is 9.85. The predicted molar refractivity (Wildman–Crippen MR) is 157 cm³/mol. The molecule has 1 aromatic carbocycles. The molecule has 2 aromatic heterocycles. The average Bonchev–Trinajstić information content (AvgIpc) is 3.41. The Morgan fingerprint density at radius 3 is 2.36 bits per heavy atom. The minimum absolute atomic E-state index is 0.121. The maximum absolute atomic E-state index is 12.3. The summed E-state index contributed by atoms with van der Waals surface area (Å²) in [6.45, 7) is 7.78. The molecule has 3 heterocycles. The maximum Gasteiger partial charge on any atom is 0.446 e. The average molecular weight is 614 g/mol. The lowest BCUT2D eigenvalue weighted by atomic mass is 9.88. The number of piperidine rings is 1. The highest BCUT2D eigenvalue weighted by molar-refractivity contribution is 7.89. The molecule has 14 heteroatoms. The van der Waals surface area contributed by atoms with Crippen LogP contribution in [0, 0.1) is 5.92 Å². The number of nitrogens with zero attached hydrogens (tertiary/aromatic N) is 2. The first-order chi connectivity index (χ1) is 19.8. The van der Waals surface area contributed by atoms with Crippen molar-refractivity contribution in [3.8, 4) is 11.1 Å². The number of pyridine rings is 1. The molecule has 3 aromatic rings. The number of aliphatic hydroxyl groups is 1. The molecule has 1 fully saturated rings. The molecule has 0 spiro atoms. The Kier molecular flexibility index (Phi) is 12.5. The number of nitrogens with one attached hydrogen (secondary N) is 2. The van der Waals surface area contributed by atoms with Crippen LogP contribution in [0.4, 0.5) is 19.0 Å². The van der Waals surface area contributed by atoms with Gasteiger partial charge < -0.3 is 21.1 Å². The fraction of sp³-hybridized carbons (Fsp3) is 0.464. The number of aromatic nitrogens is 2. The SMILES string of the molecule is CCS(=O)(=O)N1CCC(c2c[nH]c3c(C(N)=O)cc(-c4ccnc(NCC(C)C)c4)cc23)CC1.CO.O=CC(F)(F)F. The zero-order valence-electron chi connectivity index (χ0n) is 24.0. The van der Waals surface area contributed by atoms with E-state index in [0.717, 1.165) is 59.9 Å². The van der Waals surface area contributed by atoms with Crippen molar-refractivity contribution in [2.45, 2.75) is 45.7 Å². The van der Waals surface area contributed by atoms with Gasteiger partial charge >= 0.3 is 6.18 Å². The van der Waals surface area contributed by atoms with Gasteiger partial charge in [0.15, 0.2) is 0 Å². The van der Waals surface area contributed by atoms with Gasteiger partial charge in [-0.25, -0.2) is 17.7 Å². The number of carbonyl (C=O) groups is 2. The number of amides is 1. The van der Waals surface area contributed by atoms with Gasteiger partial charge in [-0.2, -0.15) is 13.2 Å². The van der Waals surface area contributed by atoms with E-state index in [1.165, 1.54) is 0 Å². The molecule has 1 aliphatic heterocycles. The zero-order chi connectivity index (χ0) is 31.7. The summed E-state index contributed by atoms with van der Waals surface area (Å²) < 4.78 is 57.3. The summed E-state index contributed by atoms with van der Waals surface area (Å²) in [5.74, 6) is 1.11. The Labute approximate surface area is 243 Å². The van der Waals surface area contributed by atoms with Crippen molar-refractivity contribution in [3.63, 3.8) is 0 Å². The van der Waals surface area contributed by atoms with Crippen molar-refractivity contribution < 1.29 is 36.3 Å². The second-order valence-corrected chi connectivity index (χ2v) is 12.3. The number of carbonyl (C=O) groups excluding carboxylic acids is 2. The summed E-state index contributed by atoms with van der Waals surface area (Å²) in [5, 5.41) is 11.3. The number of benzene rings is 1. The number of aldehydes is 1. The predicted octanol–water partition coefficient (Wildman–Crippen LogP) is 4.28. The van der Waals surface area contributed by atoms with E-state index in [1.807, 2.05) is 24.4 Å². The molecule has 1 aliphatic rings. The number of nitrogens with two attached hydrogens (primary N) is 1. The van der Waals surface area contributed by atoms with Crippen molar-refractivity contribution in [3.05, 3.63) is 47.8 Å². The first-order valence-corrected chi connectivity index (χ1v) is 15.0. The van der Waals surface area contributed by atoms with Crippen molar-refractivity contribution in [2.75, 3.05) is 37.8 Å². The topological polar surface area (TPSA) is 158 Å². The quantitative estimate of drug-likeness (QED) is 0.276. The standard InChI is InChI=1S/C25H33N5O3S.C2HF3O.CH4O/c1-4-34(32,33)30-9-6-17(7-10-30)22-15-29-24-20(22)11-19(12-21(24)25(26)31)18-5-8-27-23(13-18)28-14-16(2)3;3-2(4,5)1-6;1-2/h5,8,11-13,15-17,29H,4,6-7,9-10,14H2,1-3H3,(H2,26,31)(H,27,28);1H;2H,1H3. The minimum Gasteiger partial charge on any atom is -0.400 e. The van der Waals surface area contributed by atoms with Gasteiger partial charge in [-0.15, -0.1) is 0 Å². The van der Waals surface area contributed by atoms with Crippen molar-refractivity contribution >= 4 is 38.9 Å². The number of sulfonamides is 1. The summed E-state index contributed by atoms with van der Waals surface area (Å²) >= 11 is 0. The molecular formula is C28H38F3N5O5S. The molecule has 10 nitrogen and oxygen atoms in total. The number of hydrogen-bond acceptors (Lipinski definition) is 7. The van der Waals surface area contributed by atoms with Crippen LogP contribution in [-0.4, -0.2) is 78.7 Å². The molecule has 0 saturated carbocycles. The molecule has 0 atom stereocenters. The van der Waals surface area contributed by atoms with Gasteiger partial charge in [0.1, 0.15) is 5.82 Å². The first-order valence-electron chi connectivity index (χ1n) is 13.4. The lowest BCUT2D eigenvalue weighted by molar-refractivity contribution is -0.156. The van der Waals surface area contributed by atoms with Crippen molar-refractivity contribution in [1.29, 1.82) is 0 Å². The number of primary amides is 1. The maximum atomic E-state index is 12.3. The molecule has 1 saturated heterocycles. The highest BCUT2D eigenvalue weighted by Gasteiger charge is 2.29. The largest absolute Gasteiger partial charge is 0.446 e. The van der Waals surface area contributed by atoms with Gasteiger partial charge in [0.2, 0.25) is 16.3 Å². The number of anilines is 1. The van der Waals surface area contributed by atoms with Gasteiger partial charge in [0, 0.05) is 44.5 Å². The first kappa shape index (κ1) is 34.7. The van der Waals surface area contributed by atoms with E-state index in [4.69, 9.17) is 15.6 Å². The Balaban J connectivity index is 0.000000686. The molecule has 0 bridgehead atoms. The molecular weight excluding hydrogens is 575 g/mol. The minimum atomic E-state index is -4.64. The summed E-state index contributed by atoms with van der Waals surface area (Å²) in [6, 6.07) is 7.81. The Morgan fingerprint density at radius 1 is 1.21 bits per heavy atom. The molecule has 232 valence electrons. The summed E-state index contributed by atoms with van der Waals surface area (Å²) in [4.78, 5) is 28.7. The molecule has 1 amide bonds. The van der Waals surface area contributed by atoms with Crippen LogP contribution in [0.15, 0.2) is 36.7 Å². The second-order valence-electron chi connectivity index (χ2n) is 9.99. The van der Waals surface area contributed by atoms with Crippen LogP contribution < -0.4 is 11.1 Å². The smallest absolute Gasteiger partial charge is 0.400 e. The molecule has 0 aliphatic carbocycles. The lowest BCUT2D eigenvalue weighted by Gasteiger charge is -2.31. The number of rotatable bonds is 8. The lowest BCUT2D eigenvalue weighted by Crippen LogP contribution is -2.38. The van der Waals surface area contributed by atoms with Crippen LogP contribution in [0.25, 0.3) is 22.0 Å². The number of halogens is 3. The highest BCUT2D eigenvalue weighted by atomic mass is 32.2. The third kappa shape index (κ3) is 9.26. The van der Waals surface area contributed by atoms with E-state index in [-0.39, 0.29) is 11.7 Å². The molecule has 0 unspecified atom stereocenters. The Bertz CT molecular complexity index is 1450. The van der Waals surface area contributed by atoms with Gasteiger partial charge in [0.25, 0.3) is 5.91 Å². The number of hydrogen-bond donors (Lipinski definition) is 4. The Hall–Kier alpha value is -3.49. The van der Waals surface area contributed by atoms with Gasteiger partial charge in [0.05, 0.1) is 16.8 Å². The van der Waals surface area contributed by atoms with Gasteiger partial charge in [-0.3, -0.25) is 9.59 Å². The van der Waals surface area contributed by atoms with Crippen LogP contribution >= 0.6 is 0 Å². The van der Waals surface area contributed by atoms with E-state index >= 15 is 0 Å². The number of fused-ring (bicyclic) bond motifs is 1. The summed E-state index contributed by atoms with van der Waals surface area (Å²) in [7, 11) is -2.18. The molecule has 0 radical (unpaired) electrons. The van der Waals surface area contributed by atoms with Crippen molar-refractivity contribution in [1.82, 2.24) is 14.3 Å². The Morgan fingerprint density at radius 2 is 1.83 bits per heavy atom.